The Morgan fingerprint density at radius 1 is 1.00 bits per heavy atom. The molecule has 4 N–H and O–H groups in total. The van der Waals surface area contributed by atoms with E-state index in [9.17, 15) is 19.2 Å². The van der Waals surface area contributed by atoms with Crippen LogP contribution in [0.25, 0.3) is 10.9 Å². The van der Waals surface area contributed by atoms with Gasteiger partial charge in [-0.3, -0.25) is 14.4 Å². The molecule has 0 aliphatic carbocycles. The van der Waals surface area contributed by atoms with Gasteiger partial charge >= 0.3 is 6.09 Å². The van der Waals surface area contributed by atoms with Crippen LogP contribution in [0.2, 0.25) is 0 Å². The maximum Gasteiger partial charge on any atom is 0.408 e. The minimum atomic E-state index is -0.764. The number of carbonyl (C=O) groups excluding carboxylic acids is 4. The van der Waals surface area contributed by atoms with Gasteiger partial charge in [0, 0.05) is 49.1 Å². The summed E-state index contributed by atoms with van der Waals surface area (Å²) in [6.45, 7) is 8.24. The minimum Gasteiger partial charge on any atom is -0.444 e. The molecule has 1 aromatic heterocycles. The smallest absolute Gasteiger partial charge is 0.408 e. The molecule has 4 amide bonds. The predicted octanol–water partition coefficient (Wildman–Crippen LogP) is 3.58. The normalized spacial score (nSPS) is 14.7. The zero-order valence-corrected chi connectivity index (χ0v) is 24.8. The highest BCUT2D eigenvalue weighted by Gasteiger charge is 2.31. The van der Waals surface area contributed by atoms with E-state index in [0.29, 0.717) is 38.9 Å². The number of alkyl carbamates (subject to hydrolysis) is 1. The number of aromatic nitrogens is 1. The number of aryl methyl sites for hydroxylation is 1. The molecule has 2 heterocycles. The van der Waals surface area contributed by atoms with Gasteiger partial charge in [-0.25, -0.2) is 4.79 Å². The molecule has 1 aliphatic heterocycles. The first-order valence-corrected chi connectivity index (χ1v) is 14.4. The summed E-state index contributed by atoms with van der Waals surface area (Å²) in [5.41, 5.74) is 3.38. The number of benzene rings is 2. The number of fused-ring (bicyclic) bond motifs is 1. The third kappa shape index (κ3) is 8.58. The number of rotatable bonds is 9. The zero-order valence-electron chi connectivity index (χ0n) is 24.8. The maximum atomic E-state index is 13.4. The molecule has 3 aromatic rings. The number of aromatic amines is 1. The molecule has 10 heteroatoms. The van der Waals surface area contributed by atoms with Crippen LogP contribution in [0.3, 0.4) is 0 Å². The largest absolute Gasteiger partial charge is 0.444 e. The second kappa shape index (κ2) is 13.5. The van der Waals surface area contributed by atoms with Crippen LogP contribution in [-0.2, 0) is 32.1 Å². The van der Waals surface area contributed by atoms with E-state index in [1.165, 1.54) is 0 Å². The van der Waals surface area contributed by atoms with Crippen molar-refractivity contribution in [1.82, 2.24) is 25.8 Å². The number of H-pyrrole nitrogens is 1. The Hall–Kier alpha value is -4.34. The average molecular weight is 576 g/mol. The number of hydrogen-bond donors (Lipinski definition) is 4. The summed E-state index contributed by atoms with van der Waals surface area (Å²) in [4.78, 5) is 56.1. The van der Waals surface area contributed by atoms with Crippen LogP contribution in [0.15, 0.2) is 54.7 Å². The summed E-state index contributed by atoms with van der Waals surface area (Å²) in [6.07, 6.45) is 2.51. The lowest BCUT2D eigenvalue weighted by Gasteiger charge is -2.32. The lowest BCUT2D eigenvalue weighted by molar-refractivity contribution is -0.136. The molecule has 0 bridgehead atoms. The monoisotopic (exact) mass is 575 g/mol. The number of para-hydroxylation sites is 1. The van der Waals surface area contributed by atoms with E-state index >= 15 is 0 Å². The van der Waals surface area contributed by atoms with Crippen molar-refractivity contribution in [2.45, 2.75) is 65.1 Å². The minimum absolute atomic E-state index is 0.167. The molecule has 0 saturated carbocycles. The number of hydrogen-bond acceptors (Lipinski definition) is 5. The van der Waals surface area contributed by atoms with Crippen LogP contribution in [0, 0.1) is 12.8 Å². The molecule has 224 valence electrons. The lowest BCUT2D eigenvalue weighted by Crippen LogP contribution is -2.51. The average Bonchev–Trinajstić information content (AvgIpc) is 3.37. The third-order valence-corrected chi connectivity index (χ3v) is 7.32. The van der Waals surface area contributed by atoms with E-state index in [1.807, 2.05) is 61.7 Å². The SMILES string of the molecule is Cc1ccc(CNC(=O)C(Cc2c[nH]c3ccccc23)NC(=O)C2CCN(C(=O)CNC(=O)OC(C)(C)C)CC2)cc1. The number of amides is 4. The highest BCUT2D eigenvalue weighted by molar-refractivity contribution is 5.90. The fourth-order valence-corrected chi connectivity index (χ4v) is 5.00. The highest BCUT2D eigenvalue weighted by atomic mass is 16.6. The van der Waals surface area contributed by atoms with Crippen molar-refractivity contribution in [3.05, 3.63) is 71.4 Å². The van der Waals surface area contributed by atoms with Gasteiger partial charge in [-0.15, -0.1) is 0 Å². The molecule has 1 saturated heterocycles. The van der Waals surface area contributed by atoms with Crippen molar-refractivity contribution < 1.29 is 23.9 Å². The Labute approximate surface area is 246 Å². The van der Waals surface area contributed by atoms with E-state index in [4.69, 9.17) is 4.74 Å². The van der Waals surface area contributed by atoms with Gasteiger partial charge in [0.2, 0.25) is 17.7 Å². The first kappa shape index (κ1) is 30.6. The fraction of sp³-hybridized carbons (Fsp3) is 0.438. The van der Waals surface area contributed by atoms with Crippen LogP contribution in [0.1, 0.15) is 50.3 Å². The molecular formula is C32H41N5O5. The quantitative estimate of drug-likeness (QED) is 0.310. The van der Waals surface area contributed by atoms with Crippen molar-refractivity contribution in [3.63, 3.8) is 0 Å². The Balaban J connectivity index is 1.35. The Morgan fingerprint density at radius 2 is 1.69 bits per heavy atom. The van der Waals surface area contributed by atoms with E-state index < -0.39 is 17.7 Å². The van der Waals surface area contributed by atoms with Crippen LogP contribution in [0.4, 0.5) is 4.79 Å². The number of ether oxygens (including phenoxy) is 1. The molecule has 1 unspecified atom stereocenters. The number of nitrogens with zero attached hydrogens (tertiary/aromatic N) is 1. The fourth-order valence-electron chi connectivity index (χ4n) is 5.00. The molecule has 10 nitrogen and oxygen atoms in total. The second-order valence-electron chi connectivity index (χ2n) is 11.8. The first-order valence-electron chi connectivity index (χ1n) is 14.4. The van der Waals surface area contributed by atoms with Gasteiger partial charge in [0.05, 0.1) is 0 Å². The van der Waals surface area contributed by atoms with Crippen molar-refractivity contribution in [1.29, 1.82) is 0 Å². The van der Waals surface area contributed by atoms with Gasteiger partial charge < -0.3 is 30.6 Å². The topological polar surface area (TPSA) is 133 Å². The molecule has 4 rings (SSSR count). The Morgan fingerprint density at radius 3 is 2.38 bits per heavy atom. The standard InChI is InChI=1S/C32H41N5O5/c1-21-9-11-22(12-10-21)18-34-30(40)27(17-24-19-33-26-8-6-5-7-25(24)26)36-29(39)23-13-15-37(16-14-23)28(38)20-35-31(41)42-32(2,3)4/h5-12,19,23,27,33H,13-18,20H2,1-4H3,(H,34,40)(H,35,41)(H,36,39). The van der Waals surface area contributed by atoms with E-state index in [0.717, 1.165) is 27.6 Å². The van der Waals surface area contributed by atoms with Crippen LogP contribution in [0.5, 0.6) is 0 Å². The van der Waals surface area contributed by atoms with Crippen LogP contribution >= 0.6 is 0 Å². The Kier molecular flexibility index (Phi) is 9.88. The molecule has 42 heavy (non-hydrogen) atoms. The van der Waals surface area contributed by atoms with E-state index in [-0.39, 0.29) is 30.2 Å². The Bertz CT molecular complexity index is 1400. The van der Waals surface area contributed by atoms with Crippen molar-refractivity contribution >= 4 is 34.7 Å². The highest BCUT2D eigenvalue weighted by Crippen LogP contribution is 2.21. The van der Waals surface area contributed by atoms with Gasteiger partial charge in [0.1, 0.15) is 18.2 Å². The lowest BCUT2D eigenvalue weighted by atomic mass is 9.94. The van der Waals surface area contributed by atoms with Gasteiger partial charge in [0.15, 0.2) is 0 Å². The molecule has 1 fully saturated rings. The molecule has 0 radical (unpaired) electrons. The van der Waals surface area contributed by atoms with Crippen LogP contribution < -0.4 is 16.0 Å². The molecule has 1 aliphatic rings. The number of nitrogens with one attached hydrogen (secondary N) is 4. The van der Waals surface area contributed by atoms with E-state index in [1.54, 1.807) is 25.7 Å². The number of likely N-dealkylation sites (tertiary alicyclic amines) is 1. The first-order chi connectivity index (χ1) is 20.0. The molecule has 0 spiro atoms. The van der Waals surface area contributed by atoms with Crippen molar-refractivity contribution in [2.75, 3.05) is 19.6 Å². The van der Waals surface area contributed by atoms with Gasteiger partial charge in [-0.1, -0.05) is 48.0 Å². The number of carbonyl (C=O) groups is 4. The summed E-state index contributed by atoms with van der Waals surface area (Å²) in [6, 6.07) is 15.0. The second-order valence-corrected chi connectivity index (χ2v) is 11.8. The van der Waals surface area contributed by atoms with Crippen LogP contribution in [-0.4, -0.2) is 65.0 Å². The number of piperidine rings is 1. The zero-order chi connectivity index (χ0) is 30.3. The van der Waals surface area contributed by atoms with Gasteiger partial charge in [0.25, 0.3) is 0 Å². The third-order valence-electron chi connectivity index (χ3n) is 7.32. The summed E-state index contributed by atoms with van der Waals surface area (Å²) in [7, 11) is 0. The molecular weight excluding hydrogens is 534 g/mol. The van der Waals surface area contributed by atoms with Gasteiger partial charge in [-0.05, 0) is 57.7 Å². The van der Waals surface area contributed by atoms with Crippen molar-refractivity contribution in [2.24, 2.45) is 5.92 Å². The summed E-state index contributed by atoms with van der Waals surface area (Å²) < 4.78 is 5.18. The summed E-state index contributed by atoms with van der Waals surface area (Å²) in [5.74, 6) is -1.02. The molecule has 2 aromatic carbocycles. The maximum absolute atomic E-state index is 13.4. The summed E-state index contributed by atoms with van der Waals surface area (Å²) in [5, 5.41) is 9.48. The molecule has 1 atom stereocenters. The predicted molar refractivity (Wildman–Crippen MR) is 160 cm³/mol. The summed E-state index contributed by atoms with van der Waals surface area (Å²) >= 11 is 0. The van der Waals surface area contributed by atoms with Crippen molar-refractivity contribution in [3.8, 4) is 0 Å². The van der Waals surface area contributed by atoms with E-state index in [2.05, 4.69) is 20.9 Å². The van der Waals surface area contributed by atoms with Gasteiger partial charge in [-0.2, -0.15) is 0 Å².